The van der Waals surface area contributed by atoms with Gasteiger partial charge in [0, 0.05) is 0 Å². The van der Waals surface area contributed by atoms with Gasteiger partial charge in [-0.2, -0.15) is 0 Å². The lowest BCUT2D eigenvalue weighted by Crippen LogP contribution is -2.23. The van der Waals surface area contributed by atoms with Gasteiger partial charge in [0.15, 0.2) is 11.5 Å². The first-order valence-electron chi connectivity index (χ1n) is 7.47. The smallest absolute Gasteiger partial charge is 0.161 e. The molecule has 112 valence electrons. The number of aryl methyl sites for hydroxylation is 1. The van der Waals surface area contributed by atoms with E-state index in [2.05, 4.69) is 18.3 Å². The second-order valence-electron chi connectivity index (χ2n) is 5.24. The van der Waals surface area contributed by atoms with Crippen molar-refractivity contribution in [3.05, 3.63) is 47.4 Å². The van der Waals surface area contributed by atoms with Crippen LogP contribution in [-0.2, 0) is 0 Å². The van der Waals surface area contributed by atoms with E-state index in [-0.39, 0.29) is 6.04 Å². The molecular formula is C17H21NO3. The third-order valence-electron chi connectivity index (χ3n) is 3.54. The molecule has 21 heavy (non-hydrogen) atoms. The Kier molecular flexibility index (Phi) is 4.15. The van der Waals surface area contributed by atoms with Crippen LogP contribution in [0, 0.1) is 6.92 Å². The molecule has 3 rings (SSSR count). The fourth-order valence-electron chi connectivity index (χ4n) is 2.52. The lowest BCUT2D eigenvalue weighted by Gasteiger charge is -2.22. The van der Waals surface area contributed by atoms with Crippen molar-refractivity contribution in [1.29, 1.82) is 0 Å². The van der Waals surface area contributed by atoms with Crippen molar-refractivity contribution >= 4 is 0 Å². The predicted octanol–water partition coefficient (Wildman–Crippen LogP) is 3.45. The van der Waals surface area contributed by atoms with Crippen LogP contribution in [0.3, 0.4) is 0 Å². The van der Waals surface area contributed by atoms with Crippen molar-refractivity contribution < 1.29 is 13.9 Å². The Bertz CT molecular complexity index is 606. The molecule has 1 atom stereocenters. The molecule has 0 radical (unpaired) electrons. The molecule has 1 aliphatic heterocycles. The standard InChI is InChI=1S/C17H21NO3/c1-3-8-18-17(15-6-4-12(2)21-15)13-5-7-14-16(11-13)20-10-9-19-14/h4-7,11,17-18H,3,8-10H2,1-2H3. The van der Waals surface area contributed by atoms with Gasteiger partial charge in [0.1, 0.15) is 24.7 Å². The molecule has 0 saturated carbocycles. The van der Waals surface area contributed by atoms with Gasteiger partial charge in [-0.3, -0.25) is 0 Å². The maximum atomic E-state index is 5.81. The van der Waals surface area contributed by atoms with E-state index < -0.39 is 0 Å². The van der Waals surface area contributed by atoms with E-state index in [1.54, 1.807) is 0 Å². The van der Waals surface area contributed by atoms with E-state index in [9.17, 15) is 0 Å². The second-order valence-corrected chi connectivity index (χ2v) is 5.24. The first-order valence-corrected chi connectivity index (χ1v) is 7.47. The highest BCUT2D eigenvalue weighted by atomic mass is 16.6. The normalized spacial score (nSPS) is 15.0. The van der Waals surface area contributed by atoms with Crippen LogP contribution >= 0.6 is 0 Å². The first-order chi connectivity index (χ1) is 10.3. The predicted molar refractivity (Wildman–Crippen MR) is 81.0 cm³/mol. The van der Waals surface area contributed by atoms with Crippen LogP contribution in [0.5, 0.6) is 11.5 Å². The van der Waals surface area contributed by atoms with E-state index in [0.29, 0.717) is 13.2 Å². The lowest BCUT2D eigenvalue weighted by molar-refractivity contribution is 0.171. The monoisotopic (exact) mass is 287 g/mol. The van der Waals surface area contributed by atoms with Gasteiger partial charge < -0.3 is 19.2 Å². The first kappa shape index (κ1) is 14.0. The summed E-state index contributed by atoms with van der Waals surface area (Å²) in [5.74, 6) is 3.48. The quantitative estimate of drug-likeness (QED) is 0.914. The number of hydrogen-bond acceptors (Lipinski definition) is 4. The summed E-state index contributed by atoms with van der Waals surface area (Å²) in [4.78, 5) is 0. The van der Waals surface area contributed by atoms with Crippen molar-refractivity contribution in [1.82, 2.24) is 5.32 Å². The van der Waals surface area contributed by atoms with Gasteiger partial charge >= 0.3 is 0 Å². The molecule has 2 heterocycles. The minimum atomic E-state index is 0.0366. The average Bonchev–Trinajstić information content (AvgIpc) is 2.94. The molecule has 1 aliphatic rings. The summed E-state index contributed by atoms with van der Waals surface area (Å²) in [5.41, 5.74) is 1.13. The summed E-state index contributed by atoms with van der Waals surface area (Å²) in [6.07, 6.45) is 1.07. The summed E-state index contributed by atoms with van der Waals surface area (Å²) in [5, 5.41) is 3.53. The average molecular weight is 287 g/mol. The molecule has 1 N–H and O–H groups in total. The highest BCUT2D eigenvalue weighted by Gasteiger charge is 2.20. The van der Waals surface area contributed by atoms with E-state index in [1.165, 1.54) is 0 Å². The van der Waals surface area contributed by atoms with E-state index in [4.69, 9.17) is 13.9 Å². The number of fused-ring (bicyclic) bond motifs is 1. The summed E-state index contributed by atoms with van der Waals surface area (Å²) in [7, 11) is 0. The Labute approximate surface area is 125 Å². The topological polar surface area (TPSA) is 43.6 Å². The maximum absolute atomic E-state index is 5.81. The van der Waals surface area contributed by atoms with Crippen molar-refractivity contribution in [2.75, 3.05) is 19.8 Å². The molecular weight excluding hydrogens is 266 g/mol. The number of furan rings is 1. The Morgan fingerprint density at radius 2 is 1.90 bits per heavy atom. The molecule has 1 aromatic heterocycles. The van der Waals surface area contributed by atoms with Gasteiger partial charge in [0.25, 0.3) is 0 Å². The van der Waals surface area contributed by atoms with Crippen LogP contribution in [0.1, 0.15) is 36.5 Å². The zero-order chi connectivity index (χ0) is 14.7. The number of nitrogens with one attached hydrogen (secondary N) is 1. The summed E-state index contributed by atoms with van der Waals surface area (Å²) < 4.78 is 17.1. The fourth-order valence-corrected chi connectivity index (χ4v) is 2.52. The Hall–Kier alpha value is -1.94. The second kappa shape index (κ2) is 6.22. The molecule has 1 unspecified atom stereocenters. The molecule has 0 amide bonds. The third kappa shape index (κ3) is 3.05. The molecule has 0 spiro atoms. The lowest BCUT2D eigenvalue weighted by atomic mass is 10.0. The van der Waals surface area contributed by atoms with Gasteiger partial charge in [-0.15, -0.1) is 0 Å². The Morgan fingerprint density at radius 1 is 1.10 bits per heavy atom. The van der Waals surface area contributed by atoms with E-state index >= 15 is 0 Å². The van der Waals surface area contributed by atoms with Crippen LogP contribution in [0.25, 0.3) is 0 Å². The summed E-state index contributed by atoms with van der Waals surface area (Å²) >= 11 is 0. The fraction of sp³-hybridized carbons (Fsp3) is 0.412. The highest BCUT2D eigenvalue weighted by Crippen LogP contribution is 2.34. The van der Waals surface area contributed by atoms with Crippen LogP contribution < -0.4 is 14.8 Å². The maximum Gasteiger partial charge on any atom is 0.161 e. The Balaban J connectivity index is 1.92. The SMILES string of the molecule is CCCNC(c1ccc2c(c1)OCCO2)c1ccc(C)o1. The number of rotatable bonds is 5. The number of benzene rings is 1. The van der Waals surface area contributed by atoms with Gasteiger partial charge in [-0.05, 0) is 49.7 Å². The van der Waals surface area contributed by atoms with Crippen LogP contribution in [0.15, 0.2) is 34.7 Å². The zero-order valence-corrected chi connectivity index (χ0v) is 12.5. The molecule has 0 aliphatic carbocycles. The molecule has 0 fully saturated rings. The summed E-state index contributed by atoms with van der Waals surface area (Å²) in [6.45, 7) is 6.26. The molecule has 4 nitrogen and oxygen atoms in total. The van der Waals surface area contributed by atoms with Crippen molar-refractivity contribution in [3.8, 4) is 11.5 Å². The highest BCUT2D eigenvalue weighted by molar-refractivity contribution is 5.46. The van der Waals surface area contributed by atoms with E-state index in [1.807, 2.05) is 31.2 Å². The van der Waals surface area contributed by atoms with Crippen molar-refractivity contribution in [2.45, 2.75) is 26.3 Å². The minimum Gasteiger partial charge on any atom is -0.486 e. The summed E-state index contributed by atoms with van der Waals surface area (Å²) in [6, 6.07) is 10.1. The van der Waals surface area contributed by atoms with Gasteiger partial charge in [-0.25, -0.2) is 0 Å². The molecule has 0 bridgehead atoms. The van der Waals surface area contributed by atoms with Gasteiger partial charge in [0.05, 0.1) is 6.04 Å². The minimum absolute atomic E-state index is 0.0366. The van der Waals surface area contributed by atoms with Crippen molar-refractivity contribution in [3.63, 3.8) is 0 Å². The third-order valence-corrected chi connectivity index (χ3v) is 3.54. The number of ether oxygens (including phenoxy) is 2. The van der Waals surface area contributed by atoms with Gasteiger partial charge in [-0.1, -0.05) is 13.0 Å². The van der Waals surface area contributed by atoms with Crippen LogP contribution in [0.2, 0.25) is 0 Å². The van der Waals surface area contributed by atoms with Crippen LogP contribution in [0.4, 0.5) is 0 Å². The molecule has 2 aromatic rings. The van der Waals surface area contributed by atoms with E-state index in [0.717, 1.165) is 41.5 Å². The molecule has 1 aromatic carbocycles. The van der Waals surface area contributed by atoms with Gasteiger partial charge in [0.2, 0.25) is 0 Å². The zero-order valence-electron chi connectivity index (χ0n) is 12.5. The largest absolute Gasteiger partial charge is 0.486 e. The molecule has 4 heteroatoms. The number of hydrogen-bond donors (Lipinski definition) is 1. The van der Waals surface area contributed by atoms with Crippen LogP contribution in [-0.4, -0.2) is 19.8 Å². The van der Waals surface area contributed by atoms with Crippen molar-refractivity contribution in [2.24, 2.45) is 0 Å². The molecule has 0 saturated heterocycles. The Morgan fingerprint density at radius 3 is 2.62 bits per heavy atom.